The molecule has 10 heterocycles. The van der Waals surface area contributed by atoms with Gasteiger partial charge >= 0.3 is 117 Å². The van der Waals surface area contributed by atoms with Crippen molar-refractivity contribution < 1.29 is 11.3 Å². The summed E-state index contributed by atoms with van der Waals surface area (Å²) in [6, 6.07) is 9.44. The zero-order valence-electron chi connectivity index (χ0n) is 11.7. The summed E-state index contributed by atoms with van der Waals surface area (Å²) in [6.45, 7) is -1.29. The number of carbonyl (C=O) groups is 1. The van der Waals surface area contributed by atoms with E-state index in [2.05, 4.69) is 24.3 Å². The normalized spacial score (nSPS) is 98.4. The van der Waals surface area contributed by atoms with Gasteiger partial charge < -0.3 is 0 Å². The molecule has 0 amide bonds. The van der Waals surface area contributed by atoms with Crippen LogP contribution in [0.3, 0.4) is 0 Å². The molecule has 1 aromatic carbocycles. The SMILES string of the molecule is CC(=O)Sc1ccc([C]23[CH]4[CH]5[CH]6[CH]2[Fe]56432789[CH]3[CH]2[CH]7[CH]8[CH]39)cc1. The number of hydrogen-bond acceptors (Lipinski definition) is 2. The van der Waals surface area contributed by atoms with Crippen molar-refractivity contribution in [1.29, 1.82) is 0 Å². The van der Waals surface area contributed by atoms with Crippen LogP contribution < -0.4 is 0 Å². The molecule has 3 heteroatoms. The first kappa shape index (κ1) is 8.57. The second-order valence-electron chi connectivity index (χ2n) is 11.8. The van der Waals surface area contributed by atoms with Gasteiger partial charge in [0.1, 0.15) is 0 Å². The number of thioether (sulfide) groups is 1. The maximum absolute atomic E-state index is 11.3. The fraction of sp³-hybridized carbons (Fsp3) is 0.611. The molecule has 0 aromatic heterocycles. The molecule has 10 aliphatic rings. The van der Waals surface area contributed by atoms with Crippen molar-refractivity contribution in [3.05, 3.63) is 29.8 Å². The third-order valence-electron chi connectivity index (χ3n) is 16.2. The van der Waals surface area contributed by atoms with Crippen molar-refractivity contribution in [3.8, 4) is 0 Å². The summed E-state index contributed by atoms with van der Waals surface area (Å²) >= 11 is 1.40. The molecule has 11 rings (SSSR count). The van der Waals surface area contributed by atoms with Crippen LogP contribution in [0.2, 0.25) is 43.3 Å². The molecule has 4 unspecified atom stereocenters. The van der Waals surface area contributed by atoms with Gasteiger partial charge in [0.2, 0.25) is 0 Å². The van der Waals surface area contributed by atoms with Gasteiger partial charge in [0.15, 0.2) is 0 Å². The van der Waals surface area contributed by atoms with E-state index in [9.17, 15) is 4.79 Å². The first-order chi connectivity index (χ1) is 9.94. The van der Waals surface area contributed by atoms with Crippen LogP contribution in [0.1, 0.15) is 12.5 Å². The zero-order chi connectivity index (χ0) is 13.3. The molecule has 0 radical (unpaired) electrons. The van der Waals surface area contributed by atoms with Gasteiger partial charge in [0.25, 0.3) is 0 Å². The first-order valence-electron chi connectivity index (χ1n) is 8.44. The number of fused-ring (bicyclic) bond motifs is 10. The van der Waals surface area contributed by atoms with Gasteiger partial charge in [0, 0.05) is 0 Å². The average molecular weight is 336 g/mol. The van der Waals surface area contributed by atoms with Crippen molar-refractivity contribution in [1.82, 2.24) is 0 Å². The van der Waals surface area contributed by atoms with E-state index in [0.29, 0.717) is 0 Å². The second-order valence-corrected chi connectivity index (χ2v) is 36.6. The van der Waals surface area contributed by atoms with E-state index in [-0.39, 0.29) is 5.12 Å². The van der Waals surface area contributed by atoms with E-state index in [1.807, 2.05) is 0 Å². The fourth-order valence-corrected chi connectivity index (χ4v) is 92.8. The Kier molecular flexibility index (Phi) is 0.337. The molecule has 0 bridgehead atoms. The summed E-state index contributed by atoms with van der Waals surface area (Å²) in [5.41, 5.74) is 1.78. The summed E-state index contributed by atoms with van der Waals surface area (Å²) in [5, 5.41) is 0.209. The predicted octanol–water partition coefficient (Wildman–Crippen LogP) is 5.12. The Morgan fingerprint density at radius 3 is 1.81 bits per heavy atom. The summed E-state index contributed by atoms with van der Waals surface area (Å²) in [6.07, 6.45) is 0. The fourth-order valence-electron chi connectivity index (χ4n) is 17.9. The molecule has 1 aromatic rings. The van der Waals surface area contributed by atoms with E-state index >= 15 is 0 Å². The Labute approximate surface area is 117 Å². The average Bonchev–Trinajstić information content (AvgIpc) is 3.40. The molecule has 0 aliphatic carbocycles. The molecule has 108 valence electrons. The monoisotopic (exact) mass is 336 g/mol. The Morgan fingerprint density at radius 2 is 1.48 bits per heavy atom. The molecule has 21 heavy (non-hydrogen) atoms. The number of carbonyl (C=O) groups excluding carboxylic acids is 1. The quantitative estimate of drug-likeness (QED) is 0.551. The van der Waals surface area contributed by atoms with Gasteiger partial charge in [-0.15, -0.1) is 0 Å². The topological polar surface area (TPSA) is 17.1 Å². The summed E-state index contributed by atoms with van der Waals surface area (Å²) in [7, 11) is 0. The molecular weight excluding hydrogens is 320 g/mol. The Bertz CT molecular complexity index is 1180. The summed E-state index contributed by atoms with van der Waals surface area (Å²) < 4.78 is 0.873. The van der Waals surface area contributed by atoms with Crippen molar-refractivity contribution in [2.24, 2.45) is 0 Å². The van der Waals surface area contributed by atoms with Gasteiger partial charge in [-0.1, -0.05) is 0 Å². The van der Waals surface area contributed by atoms with Crippen molar-refractivity contribution in [2.75, 3.05) is 0 Å². The Hall–Kier alpha value is -0.241. The molecule has 10 fully saturated rings. The van der Waals surface area contributed by atoms with Gasteiger partial charge in [-0.2, -0.15) is 0 Å². The summed E-state index contributed by atoms with van der Waals surface area (Å²) in [5.74, 6) is 0. The van der Waals surface area contributed by atoms with Gasteiger partial charge in [0.05, 0.1) is 0 Å². The van der Waals surface area contributed by atoms with Crippen LogP contribution in [0, 0.1) is 0 Å². The minimum atomic E-state index is -2.96. The van der Waals surface area contributed by atoms with Crippen LogP contribution in [0.5, 0.6) is 0 Å². The zero-order valence-corrected chi connectivity index (χ0v) is 13.6. The molecule has 1 spiro atoms. The molecule has 4 atom stereocenters. The maximum atomic E-state index is 11.3. The first-order valence-corrected chi connectivity index (χ1v) is 15.5. The molecule has 0 saturated carbocycles. The van der Waals surface area contributed by atoms with Crippen molar-refractivity contribution in [2.45, 2.75) is 59.5 Å². The number of benzene rings is 1. The van der Waals surface area contributed by atoms with Crippen molar-refractivity contribution >= 4 is 16.9 Å². The van der Waals surface area contributed by atoms with Gasteiger partial charge in [-0.05, 0) is 0 Å². The molecular formula is C18H16FeOS. The van der Waals surface area contributed by atoms with Crippen LogP contribution in [0.4, 0.5) is 0 Å². The Balaban J connectivity index is 1.28. The number of rotatable bonds is 2. The molecule has 10 aliphatic heterocycles. The van der Waals surface area contributed by atoms with E-state index in [0.717, 1.165) is 9.21 Å². The van der Waals surface area contributed by atoms with Crippen LogP contribution in [-0.2, 0) is 15.6 Å². The standard InChI is InChI=1S/C13H11OS.C5H5.Fe/c1-10(14)15-13-8-6-12(7-9-13)11-4-2-3-5-11;1-2-4-5-3-1;/h2-9H,1H3;1-5H;. The van der Waals surface area contributed by atoms with Crippen LogP contribution in [0.25, 0.3) is 0 Å². The molecule has 10 saturated heterocycles. The van der Waals surface area contributed by atoms with Crippen LogP contribution in [0.15, 0.2) is 29.2 Å². The van der Waals surface area contributed by atoms with Crippen LogP contribution >= 0.6 is 11.8 Å². The van der Waals surface area contributed by atoms with E-state index in [1.165, 1.54) is 55.1 Å². The summed E-state index contributed by atoms with van der Waals surface area (Å²) in [4.78, 5) is 25.0. The predicted molar refractivity (Wildman–Crippen MR) is 78.4 cm³/mol. The third-order valence-corrected chi connectivity index (χ3v) is 59.4. The van der Waals surface area contributed by atoms with Crippen molar-refractivity contribution in [3.63, 3.8) is 0 Å². The van der Waals surface area contributed by atoms with E-state index in [4.69, 9.17) is 0 Å². The second kappa shape index (κ2) is 0.826. The van der Waals surface area contributed by atoms with Gasteiger partial charge in [-0.3, -0.25) is 0 Å². The molecule has 1 nitrogen and oxygen atoms in total. The number of hydrogen-bond donors (Lipinski definition) is 0. The van der Waals surface area contributed by atoms with E-state index in [1.54, 1.807) is 12.5 Å². The Morgan fingerprint density at radius 1 is 0.952 bits per heavy atom. The molecule has 0 N–H and O–H groups in total. The minimum absolute atomic E-state index is 0.209. The third kappa shape index (κ3) is 0.115. The van der Waals surface area contributed by atoms with Gasteiger partial charge in [-0.25, -0.2) is 0 Å². The van der Waals surface area contributed by atoms with Crippen LogP contribution in [-0.4, -0.2) is 5.12 Å². The van der Waals surface area contributed by atoms with E-state index < -0.39 is 6.51 Å².